The summed E-state index contributed by atoms with van der Waals surface area (Å²) < 4.78 is 12.6. The van der Waals surface area contributed by atoms with Crippen molar-refractivity contribution in [2.24, 2.45) is 5.92 Å². The quantitative estimate of drug-likeness (QED) is 0.333. The molecule has 0 bridgehead atoms. The molecule has 3 rings (SSSR count). The smallest absolute Gasteiger partial charge is 0.161 e. The van der Waals surface area contributed by atoms with Gasteiger partial charge < -0.3 is 20.3 Å². The van der Waals surface area contributed by atoms with Gasteiger partial charge in [0.2, 0.25) is 0 Å². The van der Waals surface area contributed by atoms with Gasteiger partial charge in [-0.25, -0.2) is 9.97 Å². The van der Waals surface area contributed by atoms with Crippen LogP contribution in [0.5, 0.6) is 0 Å². The third kappa shape index (κ3) is 3.66. The third-order valence-corrected chi connectivity index (χ3v) is 9.14. The zero-order valence-electron chi connectivity index (χ0n) is 20.9. The summed E-state index contributed by atoms with van der Waals surface area (Å²) in [5.41, 5.74) is 7.61. The summed E-state index contributed by atoms with van der Waals surface area (Å²) >= 11 is 0. The van der Waals surface area contributed by atoms with Crippen LogP contribution in [0.1, 0.15) is 5.56 Å². The minimum Gasteiger partial charge on any atom is -0.400 e. The molecule has 1 aliphatic carbocycles. The first kappa shape index (κ1) is 25.1. The molecule has 2 aromatic rings. The molecule has 0 amide bonds. The van der Waals surface area contributed by atoms with E-state index in [0.717, 1.165) is 11.1 Å². The molecule has 1 fully saturated rings. The van der Waals surface area contributed by atoms with Crippen molar-refractivity contribution in [1.29, 1.82) is 0 Å². The lowest BCUT2D eigenvalue weighted by atomic mass is 9.20. The van der Waals surface area contributed by atoms with Crippen LogP contribution in [0.2, 0.25) is 15.6 Å². The molecular weight excluding hydrogens is 398 g/mol. The molecule has 2 unspecified atom stereocenters. The Morgan fingerprint density at radius 2 is 1.72 bits per heavy atom. The number of nitrogen functional groups attached to an aromatic ring is 1. The average molecular weight is 430 g/mol. The Bertz CT molecular complexity index is 955. The Balaban J connectivity index is 1.95. The van der Waals surface area contributed by atoms with Crippen LogP contribution in [-0.2, 0) is 22.4 Å². The van der Waals surface area contributed by atoms with Crippen LogP contribution in [0, 0.1) is 5.92 Å². The van der Waals surface area contributed by atoms with Crippen molar-refractivity contribution < 1.29 is 14.6 Å². The maximum absolute atomic E-state index is 11.7. The predicted octanol–water partition coefficient (Wildman–Crippen LogP) is -5.82. The summed E-state index contributed by atoms with van der Waals surface area (Å²) in [6.07, 6.45) is 5.18. The molecule has 0 aromatic carbocycles. The Kier molecular flexibility index (Phi) is 6.52. The number of nitrogens with zero attached hydrogens (tertiary/aromatic N) is 4. The molecule has 2 heterocycles. The molecule has 15 heteroatoms. The average Bonchev–Trinajstić information content (AvgIpc) is 3.20. The molecule has 1 saturated carbocycles. The monoisotopic (exact) mass is 431 g/mol. The SMILES string of the molecule is BC1(B)C(Cn2cc(-c3ncnc(N)c3CC(OC)OC)cn2)C(B)(O)C(B)(B)C1(B)B. The number of methoxy groups -OCH3 is 2. The number of hydrogen-bond acceptors (Lipinski definition) is 7. The lowest BCUT2D eigenvalue weighted by Gasteiger charge is -2.48. The van der Waals surface area contributed by atoms with Crippen LogP contribution in [-0.4, -0.2) is 106 Å². The molecule has 0 saturated heterocycles. The predicted molar refractivity (Wildman–Crippen MR) is 146 cm³/mol. The van der Waals surface area contributed by atoms with Crippen molar-refractivity contribution in [3.8, 4) is 11.3 Å². The van der Waals surface area contributed by atoms with Gasteiger partial charge in [-0.05, 0) is 5.92 Å². The van der Waals surface area contributed by atoms with Gasteiger partial charge in [0.05, 0.1) is 43.3 Å². The minimum absolute atomic E-state index is 0.00838. The molecule has 164 valence electrons. The largest absolute Gasteiger partial charge is 0.400 e. The fourth-order valence-electron chi connectivity index (χ4n) is 5.50. The first-order valence-electron chi connectivity index (χ1n) is 11.1. The normalized spacial score (nSPS) is 25.8. The van der Waals surface area contributed by atoms with Gasteiger partial charge >= 0.3 is 0 Å². The van der Waals surface area contributed by atoms with E-state index >= 15 is 0 Å². The highest BCUT2D eigenvalue weighted by Crippen LogP contribution is 2.73. The van der Waals surface area contributed by atoms with E-state index in [-0.39, 0.29) is 21.6 Å². The maximum Gasteiger partial charge on any atom is 0.161 e. The van der Waals surface area contributed by atoms with Crippen LogP contribution in [0.15, 0.2) is 18.7 Å². The van der Waals surface area contributed by atoms with Gasteiger partial charge in [0.25, 0.3) is 0 Å². The third-order valence-electron chi connectivity index (χ3n) is 9.14. The Morgan fingerprint density at radius 3 is 2.25 bits per heavy atom. The summed E-state index contributed by atoms with van der Waals surface area (Å²) in [4.78, 5) is 8.62. The molecule has 0 aliphatic heterocycles. The van der Waals surface area contributed by atoms with E-state index in [0.29, 0.717) is 24.5 Å². The summed E-state index contributed by atoms with van der Waals surface area (Å²) in [5.74, 6) is 0.402. The van der Waals surface area contributed by atoms with Crippen molar-refractivity contribution in [3.63, 3.8) is 0 Å². The summed E-state index contributed by atoms with van der Waals surface area (Å²) in [6, 6.07) is 0. The lowest BCUT2D eigenvalue weighted by molar-refractivity contribution is -0.100. The van der Waals surface area contributed by atoms with Crippen molar-refractivity contribution >= 4 is 60.7 Å². The fraction of sp³-hybridized carbons (Fsp3) is 0.588. The minimum atomic E-state index is -0.860. The number of anilines is 1. The Labute approximate surface area is 197 Å². The molecule has 2 aromatic heterocycles. The fourth-order valence-corrected chi connectivity index (χ4v) is 5.50. The van der Waals surface area contributed by atoms with Crippen molar-refractivity contribution in [2.45, 2.75) is 40.4 Å². The molecule has 1 aliphatic rings. The zero-order valence-corrected chi connectivity index (χ0v) is 20.9. The first-order chi connectivity index (χ1) is 14.7. The molecule has 2 atom stereocenters. The van der Waals surface area contributed by atoms with E-state index < -0.39 is 11.8 Å². The number of rotatable bonds is 7. The van der Waals surface area contributed by atoms with Crippen LogP contribution >= 0.6 is 0 Å². The van der Waals surface area contributed by atoms with Gasteiger partial charge in [-0.3, -0.25) is 4.68 Å². The highest BCUT2D eigenvalue weighted by atomic mass is 16.7. The van der Waals surface area contributed by atoms with Crippen LogP contribution < -0.4 is 5.73 Å². The van der Waals surface area contributed by atoms with E-state index in [1.54, 1.807) is 20.4 Å². The number of aliphatic hydroxyl groups is 1. The van der Waals surface area contributed by atoms with Gasteiger partial charge in [0, 0.05) is 50.0 Å². The summed E-state index contributed by atoms with van der Waals surface area (Å²) in [5, 5.41) is 15.8. The summed E-state index contributed by atoms with van der Waals surface area (Å²) in [6.45, 7) is 0.599. The molecule has 0 spiro atoms. The van der Waals surface area contributed by atoms with Crippen molar-refractivity contribution in [3.05, 3.63) is 24.3 Å². The summed E-state index contributed by atoms with van der Waals surface area (Å²) in [7, 11) is 18.5. The number of aromatic nitrogens is 4. The molecule has 3 N–H and O–H groups in total. The number of ether oxygens (including phenoxy) is 2. The molecule has 0 radical (unpaired) electrons. The van der Waals surface area contributed by atoms with Crippen LogP contribution in [0.25, 0.3) is 11.3 Å². The number of hydrogen-bond donors (Lipinski definition) is 2. The molecular formula is C17H32B7N5O3. The van der Waals surface area contributed by atoms with Crippen LogP contribution in [0.3, 0.4) is 0 Å². The van der Waals surface area contributed by atoms with Crippen LogP contribution in [0.4, 0.5) is 5.82 Å². The van der Waals surface area contributed by atoms with Gasteiger partial charge in [-0.15, -0.1) is 0 Å². The van der Waals surface area contributed by atoms with E-state index in [1.807, 2.05) is 18.7 Å². The molecule has 32 heavy (non-hydrogen) atoms. The standard InChI is InChI=1S/C17H32B7N5O3/c1-31-11(32-2)3-9-12(26-7-27-13(9)25)8-4-28-29(5-8)6-10-14(18,19)16(21,22)17(23,24)15(10,20)30/h4-5,7,10-11,30H,3,6,18-24H2,1-2H3,(H2,25,26,27). The van der Waals surface area contributed by atoms with Gasteiger partial charge in [-0.2, -0.15) is 5.10 Å². The first-order valence-corrected chi connectivity index (χ1v) is 11.1. The highest BCUT2D eigenvalue weighted by Gasteiger charge is 2.67. The lowest BCUT2D eigenvalue weighted by Crippen LogP contribution is -2.49. The Morgan fingerprint density at radius 1 is 1.09 bits per heavy atom. The van der Waals surface area contributed by atoms with Gasteiger partial charge in [0.15, 0.2) is 6.29 Å². The second kappa shape index (κ2) is 8.33. The van der Waals surface area contributed by atoms with E-state index in [1.165, 1.54) is 6.33 Å². The Hall–Kier alpha value is -1.58. The molecule has 8 nitrogen and oxygen atoms in total. The second-order valence-corrected chi connectivity index (χ2v) is 10.8. The van der Waals surface area contributed by atoms with Gasteiger partial charge in [-0.1, -0.05) is 15.6 Å². The van der Waals surface area contributed by atoms with E-state index in [2.05, 4.69) is 62.1 Å². The highest BCUT2D eigenvalue weighted by molar-refractivity contribution is 6.64. The number of nitrogens with two attached hydrogens (primary N) is 1. The van der Waals surface area contributed by atoms with E-state index in [4.69, 9.17) is 15.2 Å². The van der Waals surface area contributed by atoms with Crippen molar-refractivity contribution in [2.75, 3.05) is 20.0 Å². The zero-order chi connectivity index (χ0) is 24.1. The second-order valence-electron chi connectivity index (χ2n) is 10.8. The maximum atomic E-state index is 11.7. The van der Waals surface area contributed by atoms with E-state index in [9.17, 15) is 5.11 Å². The van der Waals surface area contributed by atoms with Crippen molar-refractivity contribution in [1.82, 2.24) is 19.7 Å². The topological polar surface area (TPSA) is 108 Å². The van der Waals surface area contributed by atoms with Gasteiger partial charge in [0.1, 0.15) is 35.7 Å².